The Bertz CT molecular complexity index is 330. The van der Waals surface area contributed by atoms with Crippen molar-refractivity contribution in [3.63, 3.8) is 0 Å². The van der Waals surface area contributed by atoms with Crippen molar-refractivity contribution in [3.05, 3.63) is 0 Å². The van der Waals surface area contributed by atoms with Crippen LogP contribution in [0.2, 0.25) is 13.1 Å². The van der Waals surface area contributed by atoms with Crippen LogP contribution >= 0.6 is 0 Å². The van der Waals surface area contributed by atoms with E-state index in [-0.39, 0.29) is 17.7 Å². The van der Waals surface area contributed by atoms with Gasteiger partial charge < -0.3 is 19.3 Å². The molecular weight excluding hydrogens is 314 g/mol. The third-order valence-corrected chi connectivity index (χ3v) is 5.74. The Labute approximate surface area is 139 Å². The first-order chi connectivity index (χ1) is 10.4. The topological polar surface area (TPSA) is 67.8 Å². The van der Waals surface area contributed by atoms with Crippen LogP contribution < -0.4 is 5.32 Å². The zero-order valence-electron chi connectivity index (χ0n) is 14.6. The third kappa shape index (κ3) is 6.81. The van der Waals surface area contributed by atoms with Gasteiger partial charge in [0.15, 0.2) is 19.5 Å². The number of nitrogens with one attached hydrogen (secondary N) is 1. The Balaban J connectivity index is 2.68. The summed E-state index contributed by atoms with van der Waals surface area (Å²) in [6.07, 6.45) is 5.64. The van der Waals surface area contributed by atoms with Crippen molar-refractivity contribution in [2.24, 2.45) is 11.3 Å². The monoisotopic (exact) mass is 347 g/mol. The van der Waals surface area contributed by atoms with Crippen molar-refractivity contribution in [3.8, 4) is 0 Å². The van der Waals surface area contributed by atoms with E-state index < -0.39 is 25.6 Å². The lowest BCUT2D eigenvalue weighted by molar-refractivity contribution is -0.0858. The summed E-state index contributed by atoms with van der Waals surface area (Å²) in [4.78, 5) is 11.1. The summed E-state index contributed by atoms with van der Waals surface area (Å²) in [6.45, 7) is 8.48. The van der Waals surface area contributed by atoms with Gasteiger partial charge in [-0.15, -0.1) is 0 Å². The fourth-order valence-electron chi connectivity index (χ4n) is 3.55. The first-order valence-corrected chi connectivity index (χ1v) is 12.6. The maximum absolute atomic E-state index is 11.1. The molecule has 0 heterocycles. The van der Waals surface area contributed by atoms with Gasteiger partial charge in [-0.2, -0.15) is 0 Å². The van der Waals surface area contributed by atoms with Crippen LogP contribution in [-0.4, -0.2) is 43.1 Å². The first kappa shape index (κ1) is 19.7. The van der Waals surface area contributed by atoms with Crippen LogP contribution in [0.4, 0.5) is 4.79 Å². The largest absolute Gasteiger partial charge is 0.465 e. The van der Waals surface area contributed by atoms with E-state index in [4.69, 9.17) is 14.0 Å². The van der Waals surface area contributed by atoms with Crippen LogP contribution in [0.1, 0.15) is 52.4 Å². The summed E-state index contributed by atoms with van der Waals surface area (Å²) in [5.41, 5.74) is -0.169. The van der Waals surface area contributed by atoms with E-state index in [2.05, 4.69) is 32.3 Å². The summed E-state index contributed by atoms with van der Waals surface area (Å²) in [7, 11) is -1.10. The smallest absolute Gasteiger partial charge is 0.404 e. The minimum Gasteiger partial charge on any atom is -0.465 e. The van der Waals surface area contributed by atoms with Gasteiger partial charge in [0.1, 0.15) is 6.29 Å². The average molecular weight is 348 g/mol. The van der Waals surface area contributed by atoms with Crippen LogP contribution in [0, 0.1) is 11.3 Å². The summed E-state index contributed by atoms with van der Waals surface area (Å²) in [5.74, 6) is 0.661. The van der Waals surface area contributed by atoms with Crippen LogP contribution in [0.25, 0.3) is 0 Å². The van der Waals surface area contributed by atoms with E-state index in [1.807, 2.05) is 0 Å². The van der Waals surface area contributed by atoms with E-state index >= 15 is 0 Å². The zero-order chi connectivity index (χ0) is 16.6. The predicted molar refractivity (Wildman–Crippen MR) is 94.7 cm³/mol. The second kappa shape index (κ2) is 9.69. The van der Waals surface area contributed by atoms with Gasteiger partial charge in [0.25, 0.3) is 0 Å². The zero-order valence-corrected chi connectivity index (χ0v) is 17.4. The van der Waals surface area contributed by atoms with Gasteiger partial charge in [0.05, 0.1) is 0 Å². The number of hydrogen-bond acceptors (Lipinski definition) is 3. The molecule has 5 nitrogen and oxygen atoms in total. The second-order valence-electron chi connectivity index (χ2n) is 6.97. The Kier molecular flexibility index (Phi) is 8.67. The SMILES string of the molecule is C[SiH2]OC(O[SiH2]C)C(C)(C)C[C@H](CC1CCCC1)NC(=O)O. The van der Waals surface area contributed by atoms with Crippen LogP contribution in [0.3, 0.4) is 0 Å². The fraction of sp³-hybridized carbons (Fsp3) is 0.933. The molecule has 1 amide bonds. The van der Waals surface area contributed by atoms with Gasteiger partial charge in [-0.3, -0.25) is 0 Å². The van der Waals surface area contributed by atoms with Crippen molar-refractivity contribution in [1.82, 2.24) is 5.32 Å². The first-order valence-electron chi connectivity index (χ1n) is 8.61. The molecule has 0 radical (unpaired) electrons. The number of hydrogen-bond donors (Lipinski definition) is 2. The number of carboxylic acid groups (broad SMARTS) is 1. The highest BCUT2D eigenvalue weighted by Crippen LogP contribution is 2.34. The van der Waals surface area contributed by atoms with Gasteiger partial charge in [0, 0.05) is 11.5 Å². The van der Waals surface area contributed by atoms with Crippen molar-refractivity contribution >= 4 is 25.6 Å². The van der Waals surface area contributed by atoms with Gasteiger partial charge in [-0.25, -0.2) is 4.79 Å². The molecule has 1 rings (SSSR count). The van der Waals surface area contributed by atoms with Crippen molar-refractivity contribution in [1.29, 1.82) is 0 Å². The van der Waals surface area contributed by atoms with Crippen molar-refractivity contribution < 1.29 is 18.8 Å². The van der Waals surface area contributed by atoms with Gasteiger partial charge in [-0.1, -0.05) is 52.6 Å². The molecule has 0 spiro atoms. The van der Waals surface area contributed by atoms with E-state index in [0.29, 0.717) is 5.92 Å². The molecule has 22 heavy (non-hydrogen) atoms. The summed E-state index contributed by atoms with van der Waals surface area (Å²) < 4.78 is 11.8. The van der Waals surface area contributed by atoms with E-state index in [1.54, 1.807) is 0 Å². The van der Waals surface area contributed by atoms with E-state index in [9.17, 15) is 4.79 Å². The molecular formula is C15H33NO4Si2. The average Bonchev–Trinajstić information content (AvgIpc) is 2.90. The molecule has 1 aliphatic rings. The summed E-state index contributed by atoms with van der Waals surface area (Å²) in [6, 6.07) is -0.0117. The number of carbonyl (C=O) groups is 1. The molecule has 0 aromatic heterocycles. The fourth-order valence-corrected chi connectivity index (χ4v) is 5.44. The molecule has 1 fully saturated rings. The normalized spacial score (nSPS) is 20.2. The molecule has 0 unspecified atom stereocenters. The van der Waals surface area contributed by atoms with Gasteiger partial charge in [-0.05, 0) is 18.8 Å². The van der Waals surface area contributed by atoms with Crippen LogP contribution in [-0.2, 0) is 8.85 Å². The molecule has 0 bridgehead atoms. The molecule has 130 valence electrons. The van der Waals surface area contributed by atoms with Gasteiger partial charge >= 0.3 is 6.09 Å². The highest BCUT2D eigenvalue weighted by atomic mass is 28.2. The van der Waals surface area contributed by atoms with E-state index in [1.165, 1.54) is 25.7 Å². The Morgan fingerprint density at radius 3 is 2.27 bits per heavy atom. The Morgan fingerprint density at radius 1 is 1.27 bits per heavy atom. The standard InChI is InChI=1S/C15H33NO4Si2/c1-15(2,13(19-21-3)20-22-4)10-12(16-14(17)18)9-11-7-5-6-8-11/h11-13,16H,5-10,21-22H2,1-4H3,(H,17,18)/t12-/m0/s1. The molecule has 7 heteroatoms. The maximum atomic E-state index is 11.1. The molecule has 2 N–H and O–H groups in total. The lowest BCUT2D eigenvalue weighted by Crippen LogP contribution is -2.44. The highest BCUT2D eigenvalue weighted by molar-refractivity contribution is 6.26. The summed E-state index contributed by atoms with van der Waals surface area (Å²) in [5, 5.41) is 11.9. The quantitative estimate of drug-likeness (QED) is 0.470. The number of amides is 1. The molecule has 1 aliphatic carbocycles. The van der Waals surface area contributed by atoms with Crippen molar-refractivity contribution in [2.45, 2.75) is 77.8 Å². The summed E-state index contributed by atoms with van der Waals surface area (Å²) >= 11 is 0. The van der Waals surface area contributed by atoms with Gasteiger partial charge in [0.2, 0.25) is 0 Å². The maximum Gasteiger partial charge on any atom is 0.404 e. The van der Waals surface area contributed by atoms with Crippen LogP contribution in [0.5, 0.6) is 0 Å². The van der Waals surface area contributed by atoms with Crippen LogP contribution in [0.15, 0.2) is 0 Å². The minimum atomic E-state index is -0.924. The minimum absolute atomic E-state index is 0.0117. The second-order valence-corrected chi connectivity index (χ2v) is 8.79. The lowest BCUT2D eigenvalue weighted by Gasteiger charge is -2.37. The van der Waals surface area contributed by atoms with Crippen molar-refractivity contribution in [2.75, 3.05) is 0 Å². The molecule has 1 saturated carbocycles. The molecule has 0 aliphatic heterocycles. The lowest BCUT2D eigenvalue weighted by atomic mass is 9.82. The Morgan fingerprint density at radius 2 is 1.82 bits per heavy atom. The molecule has 0 aromatic carbocycles. The third-order valence-electron chi connectivity index (χ3n) is 4.47. The molecule has 0 aromatic rings. The Hall–Kier alpha value is -0.376. The highest BCUT2D eigenvalue weighted by Gasteiger charge is 2.34. The molecule has 0 saturated heterocycles. The van der Waals surface area contributed by atoms with E-state index in [0.717, 1.165) is 12.8 Å². The predicted octanol–water partition coefficient (Wildman–Crippen LogP) is 2.24. The molecule has 1 atom stereocenters. The number of rotatable bonds is 10.